The van der Waals surface area contributed by atoms with Crippen LogP contribution in [0.3, 0.4) is 0 Å². The van der Waals surface area contributed by atoms with Gasteiger partial charge in [0.1, 0.15) is 17.0 Å². The van der Waals surface area contributed by atoms with Gasteiger partial charge in [0.25, 0.3) is 0 Å². The Bertz CT molecular complexity index is 1530. The number of benzene rings is 2. The van der Waals surface area contributed by atoms with Crippen LogP contribution in [0.25, 0.3) is 11.0 Å². The van der Waals surface area contributed by atoms with Crippen LogP contribution in [0.15, 0.2) is 58.4 Å². The summed E-state index contributed by atoms with van der Waals surface area (Å²) in [5.41, 5.74) is 5.37. The monoisotopic (exact) mass is 508 g/mol. The molecule has 0 spiro atoms. The molecule has 0 aliphatic heterocycles. The molecule has 0 fully saturated rings. The summed E-state index contributed by atoms with van der Waals surface area (Å²) >= 11 is 12.0. The number of amides is 2. The van der Waals surface area contributed by atoms with E-state index in [2.05, 4.69) is 10.3 Å². The molecule has 4 rings (SSSR count). The lowest BCUT2D eigenvalue weighted by molar-refractivity contribution is 0.101. The molecule has 0 bridgehead atoms. The molecule has 2 heterocycles. The van der Waals surface area contributed by atoms with Crippen LogP contribution in [-0.2, 0) is 17.2 Å². The average molecular weight is 509 g/mol. The molecule has 0 atom stereocenters. The zero-order chi connectivity index (χ0) is 23.9. The number of urea groups is 1. The van der Waals surface area contributed by atoms with Gasteiger partial charge >= 0.3 is 16.1 Å². The van der Waals surface area contributed by atoms with Gasteiger partial charge in [0.15, 0.2) is 5.76 Å². The molecule has 0 saturated heterocycles. The standard InChI is InChI=1S/C20H14Cl2N4O6S/c1-26-8-16(24-9-26)33(29,30)32-11-3-5-13-15(7-11)31-19(17(13)25-20(23)28)18(27)12-4-2-10(21)6-14(12)22/h2-9H,1H3,(H3,23,25,28). The highest BCUT2D eigenvalue weighted by atomic mass is 35.5. The number of fused-ring (bicyclic) bond motifs is 1. The minimum absolute atomic E-state index is 0.00681. The Morgan fingerprint density at radius 2 is 1.94 bits per heavy atom. The van der Waals surface area contributed by atoms with Crippen molar-refractivity contribution in [3.05, 3.63) is 70.3 Å². The first-order valence-electron chi connectivity index (χ1n) is 9.10. The Labute approximate surface area is 197 Å². The van der Waals surface area contributed by atoms with E-state index in [-0.39, 0.29) is 43.8 Å². The van der Waals surface area contributed by atoms with Crippen LogP contribution in [0.5, 0.6) is 5.75 Å². The van der Waals surface area contributed by atoms with Gasteiger partial charge in [0.2, 0.25) is 10.8 Å². The van der Waals surface area contributed by atoms with Crippen LogP contribution in [-0.4, -0.2) is 29.8 Å². The van der Waals surface area contributed by atoms with Gasteiger partial charge in [-0.05, 0) is 30.3 Å². The number of carbonyl (C=O) groups excluding carboxylic acids is 2. The molecule has 3 N–H and O–H groups in total. The largest absolute Gasteiger partial charge is 0.450 e. The van der Waals surface area contributed by atoms with Crippen LogP contribution in [0, 0.1) is 0 Å². The van der Waals surface area contributed by atoms with Crippen molar-refractivity contribution in [2.75, 3.05) is 5.32 Å². The highest BCUT2D eigenvalue weighted by Gasteiger charge is 2.26. The Balaban J connectivity index is 1.78. The Kier molecular flexibility index (Phi) is 5.78. The Hall–Kier alpha value is -3.54. The molecule has 0 saturated carbocycles. The lowest BCUT2D eigenvalue weighted by atomic mass is 10.1. The third-order valence-corrected chi connectivity index (χ3v) is 6.12. The maximum absolute atomic E-state index is 13.1. The summed E-state index contributed by atoms with van der Waals surface area (Å²) in [5, 5.41) is 2.76. The van der Waals surface area contributed by atoms with Crippen molar-refractivity contribution in [1.29, 1.82) is 0 Å². The maximum Gasteiger partial charge on any atom is 0.358 e. The van der Waals surface area contributed by atoms with Gasteiger partial charge in [-0.25, -0.2) is 9.78 Å². The number of aryl methyl sites for hydroxylation is 1. The van der Waals surface area contributed by atoms with Crippen LogP contribution in [0.2, 0.25) is 10.0 Å². The number of rotatable bonds is 6. The first-order valence-corrected chi connectivity index (χ1v) is 11.3. The molecule has 170 valence electrons. The lowest BCUT2D eigenvalue weighted by Crippen LogP contribution is -2.20. The number of hydrogen-bond donors (Lipinski definition) is 2. The smallest absolute Gasteiger partial charge is 0.358 e. The summed E-state index contributed by atoms with van der Waals surface area (Å²) in [4.78, 5) is 28.4. The van der Waals surface area contributed by atoms with Gasteiger partial charge in [-0.2, -0.15) is 8.42 Å². The number of aromatic nitrogens is 2. The minimum Gasteiger partial charge on any atom is -0.450 e. The van der Waals surface area contributed by atoms with Crippen LogP contribution < -0.4 is 15.2 Å². The van der Waals surface area contributed by atoms with Crippen LogP contribution in [0.4, 0.5) is 10.5 Å². The first kappa shape index (κ1) is 22.6. The van der Waals surface area contributed by atoms with E-state index in [1.54, 1.807) is 7.05 Å². The fraction of sp³-hybridized carbons (Fsp3) is 0.0500. The van der Waals surface area contributed by atoms with E-state index in [1.807, 2.05) is 0 Å². The second-order valence-electron chi connectivity index (χ2n) is 6.82. The number of carbonyl (C=O) groups is 2. The number of nitrogens with zero attached hydrogens (tertiary/aromatic N) is 2. The van der Waals surface area contributed by atoms with E-state index in [4.69, 9.17) is 37.5 Å². The summed E-state index contributed by atoms with van der Waals surface area (Å²) in [6.07, 6.45) is 2.59. The number of anilines is 1. The summed E-state index contributed by atoms with van der Waals surface area (Å²) in [6.45, 7) is 0. The number of halogens is 2. The Morgan fingerprint density at radius 3 is 2.58 bits per heavy atom. The number of hydrogen-bond acceptors (Lipinski definition) is 7. The third kappa shape index (κ3) is 4.51. The van der Waals surface area contributed by atoms with Gasteiger partial charge in [-0.3, -0.25) is 4.79 Å². The number of nitrogens with one attached hydrogen (secondary N) is 1. The van der Waals surface area contributed by atoms with Crippen molar-refractivity contribution in [2.24, 2.45) is 12.8 Å². The number of furan rings is 1. The molecule has 33 heavy (non-hydrogen) atoms. The fourth-order valence-corrected chi connectivity index (χ4v) is 4.43. The van der Waals surface area contributed by atoms with Gasteiger partial charge in [0.05, 0.1) is 11.3 Å². The SMILES string of the molecule is Cn1cnc(S(=O)(=O)Oc2ccc3c(NC(N)=O)c(C(=O)c4ccc(Cl)cc4Cl)oc3c2)c1. The van der Waals surface area contributed by atoms with Gasteiger partial charge in [0, 0.05) is 35.3 Å². The second-order valence-corrected chi connectivity index (χ2v) is 9.16. The number of imidazole rings is 1. The molecule has 0 aliphatic rings. The van der Waals surface area contributed by atoms with Crippen molar-refractivity contribution in [2.45, 2.75) is 5.03 Å². The molecular weight excluding hydrogens is 495 g/mol. The minimum atomic E-state index is -4.21. The van der Waals surface area contributed by atoms with Crippen molar-refractivity contribution in [1.82, 2.24) is 9.55 Å². The molecule has 13 heteroatoms. The molecular formula is C20H14Cl2N4O6S. The molecule has 4 aromatic rings. The Morgan fingerprint density at radius 1 is 1.18 bits per heavy atom. The summed E-state index contributed by atoms with van der Waals surface area (Å²) in [6, 6.07) is 7.31. The first-order chi connectivity index (χ1) is 15.5. The fourth-order valence-electron chi connectivity index (χ4n) is 3.02. The molecule has 2 aromatic heterocycles. The van der Waals surface area contributed by atoms with Crippen molar-refractivity contribution in [3.63, 3.8) is 0 Å². The third-order valence-electron chi connectivity index (χ3n) is 4.43. The van der Waals surface area contributed by atoms with E-state index in [0.29, 0.717) is 5.02 Å². The molecule has 2 amide bonds. The van der Waals surface area contributed by atoms with Crippen molar-refractivity contribution < 1.29 is 26.6 Å². The van der Waals surface area contributed by atoms with Gasteiger partial charge in [-0.1, -0.05) is 23.2 Å². The normalized spacial score (nSPS) is 11.5. The zero-order valence-electron chi connectivity index (χ0n) is 16.7. The molecule has 0 radical (unpaired) electrons. The summed E-state index contributed by atoms with van der Waals surface area (Å²) < 4.78 is 37.1. The predicted octanol–water partition coefficient (Wildman–Crippen LogP) is 3.96. The summed E-state index contributed by atoms with van der Waals surface area (Å²) in [7, 11) is -2.60. The predicted molar refractivity (Wildman–Crippen MR) is 120 cm³/mol. The molecule has 10 nitrogen and oxygen atoms in total. The van der Waals surface area contributed by atoms with Crippen LogP contribution >= 0.6 is 23.2 Å². The zero-order valence-corrected chi connectivity index (χ0v) is 19.0. The highest BCUT2D eigenvalue weighted by molar-refractivity contribution is 7.87. The topological polar surface area (TPSA) is 147 Å². The van der Waals surface area contributed by atoms with Crippen molar-refractivity contribution in [3.8, 4) is 5.75 Å². The summed E-state index contributed by atoms with van der Waals surface area (Å²) in [5.74, 6) is -1.02. The highest BCUT2D eigenvalue weighted by Crippen LogP contribution is 2.36. The van der Waals surface area contributed by atoms with E-state index in [0.717, 1.165) is 0 Å². The van der Waals surface area contributed by atoms with Gasteiger partial charge < -0.3 is 24.2 Å². The second kappa shape index (κ2) is 8.43. The van der Waals surface area contributed by atoms with Crippen molar-refractivity contribution >= 4 is 61.8 Å². The van der Waals surface area contributed by atoms with E-state index >= 15 is 0 Å². The van der Waals surface area contributed by atoms with Gasteiger partial charge in [-0.15, -0.1) is 0 Å². The van der Waals surface area contributed by atoms with E-state index < -0.39 is 21.9 Å². The molecule has 0 unspecified atom stereocenters. The number of ketones is 1. The quantitative estimate of drug-likeness (QED) is 0.295. The average Bonchev–Trinajstić information content (AvgIpc) is 3.31. The number of primary amides is 1. The van der Waals surface area contributed by atoms with Crippen LogP contribution in [0.1, 0.15) is 16.1 Å². The number of nitrogens with two attached hydrogens (primary N) is 1. The van der Waals surface area contributed by atoms with E-state index in [9.17, 15) is 18.0 Å². The maximum atomic E-state index is 13.1. The lowest BCUT2D eigenvalue weighted by Gasteiger charge is -2.05. The molecule has 2 aromatic carbocycles. The van der Waals surface area contributed by atoms with E-state index in [1.165, 1.54) is 53.5 Å². The molecule has 0 aliphatic carbocycles.